The molecule has 5 nitrogen and oxygen atoms in total. The Bertz CT molecular complexity index is 660. The predicted octanol–water partition coefficient (Wildman–Crippen LogP) is 3.39. The summed E-state index contributed by atoms with van der Waals surface area (Å²) in [6, 6.07) is 0.220. The van der Waals surface area contributed by atoms with Gasteiger partial charge in [0.1, 0.15) is 5.52 Å². The first-order chi connectivity index (χ1) is 9.90. The fraction of sp³-hybridized carbons (Fsp3) is 0.615. The van der Waals surface area contributed by atoms with E-state index in [4.69, 9.17) is 0 Å². The number of imidazole rings is 1. The van der Waals surface area contributed by atoms with E-state index in [9.17, 15) is 13.2 Å². The van der Waals surface area contributed by atoms with E-state index < -0.39 is 12.0 Å². The second kappa shape index (κ2) is 4.85. The molecule has 1 atom stereocenters. The van der Waals surface area contributed by atoms with Gasteiger partial charge < -0.3 is 9.88 Å². The van der Waals surface area contributed by atoms with Crippen molar-refractivity contribution < 1.29 is 13.2 Å². The third-order valence-corrected chi connectivity index (χ3v) is 3.66. The molecule has 1 N–H and O–H groups in total. The maximum atomic E-state index is 13.0. The van der Waals surface area contributed by atoms with Crippen molar-refractivity contribution in [1.82, 2.24) is 19.5 Å². The van der Waals surface area contributed by atoms with Crippen molar-refractivity contribution in [3.8, 4) is 0 Å². The van der Waals surface area contributed by atoms with Crippen LogP contribution >= 0.6 is 0 Å². The molecule has 0 aliphatic heterocycles. The summed E-state index contributed by atoms with van der Waals surface area (Å²) in [6.07, 6.45) is -0.371. The monoisotopic (exact) mass is 299 g/mol. The van der Waals surface area contributed by atoms with Crippen LogP contribution in [0.4, 0.5) is 19.0 Å². The largest absolute Gasteiger partial charge is 0.451 e. The highest BCUT2D eigenvalue weighted by Gasteiger charge is 2.37. The molecule has 2 heterocycles. The summed E-state index contributed by atoms with van der Waals surface area (Å²) in [7, 11) is 0. The molecule has 0 saturated heterocycles. The molecule has 2 aromatic heterocycles. The third-order valence-electron chi connectivity index (χ3n) is 3.66. The van der Waals surface area contributed by atoms with Crippen molar-refractivity contribution in [3.63, 3.8) is 0 Å². The number of hydrogen-bond donors (Lipinski definition) is 1. The van der Waals surface area contributed by atoms with Gasteiger partial charge in [-0.3, -0.25) is 0 Å². The maximum absolute atomic E-state index is 13.0. The van der Waals surface area contributed by atoms with Gasteiger partial charge in [0.05, 0.1) is 6.33 Å². The molecule has 114 valence electrons. The number of anilines is 1. The number of halogens is 3. The van der Waals surface area contributed by atoms with E-state index in [2.05, 4.69) is 20.3 Å². The average Bonchev–Trinajstić information content (AvgIpc) is 3.13. The van der Waals surface area contributed by atoms with Crippen LogP contribution in [0.25, 0.3) is 11.2 Å². The quantitative estimate of drug-likeness (QED) is 0.940. The van der Waals surface area contributed by atoms with Crippen molar-refractivity contribution in [3.05, 3.63) is 12.2 Å². The fourth-order valence-electron chi connectivity index (χ4n) is 2.08. The molecule has 0 amide bonds. The zero-order chi connectivity index (χ0) is 15.2. The van der Waals surface area contributed by atoms with Gasteiger partial charge in [0, 0.05) is 12.1 Å². The van der Waals surface area contributed by atoms with Crippen LogP contribution in [0.15, 0.2) is 6.33 Å². The first-order valence-corrected chi connectivity index (χ1v) is 6.98. The van der Waals surface area contributed by atoms with E-state index in [1.165, 1.54) is 6.33 Å². The van der Waals surface area contributed by atoms with Crippen LogP contribution in [0.1, 0.15) is 45.0 Å². The van der Waals surface area contributed by atoms with Crippen LogP contribution in [0.3, 0.4) is 0 Å². The minimum Gasteiger partial charge on any atom is -0.365 e. The van der Waals surface area contributed by atoms with Crippen molar-refractivity contribution in [1.29, 1.82) is 0 Å². The van der Waals surface area contributed by atoms with Crippen LogP contribution in [-0.4, -0.2) is 25.6 Å². The average molecular weight is 299 g/mol. The summed E-state index contributed by atoms with van der Waals surface area (Å²) in [6.45, 7) is 3.89. The van der Waals surface area contributed by atoms with Gasteiger partial charge in [-0.1, -0.05) is 6.92 Å². The summed E-state index contributed by atoms with van der Waals surface area (Å²) in [5, 5.41) is 3.01. The summed E-state index contributed by atoms with van der Waals surface area (Å²) >= 11 is 0. The van der Waals surface area contributed by atoms with Crippen LogP contribution in [0, 0.1) is 0 Å². The second-order valence-corrected chi connectivity index (χ2v) is 5.39. The molecule has 2 aromatic rings. The summed E-state index contributed by atoms with van der Waals surface area (Å²) in [5.74, 6) is -0.944. The number of rotatable bonds is 4. The highest BCUT2D eigenvalue weighted by atomic mass is 19.4. The molecule has 3 rings (SSSR count). The van der Waals surface area contributed by atoms with Crippen LogP contribution in [0.2, 0.25) is 0 Å². The van der Waals surface area contributed by atoms with E-state index in [-0.39, 0.29) is 23.5 Å². The Morgan fingerprint density at radius 2 is 2.10 bits per heavy atom. The SMILES string of the molecule is CCC(C)n1cnc2c(NC3CC3)nc(C(F)(F)F)nc21. The highest BCUT2D eigenvalue weighted by molar-refractivity contribution is 5.83. The molecule has 0 spiro atoms. The molecule has 21 heavy (non-hydrogen) atoms. The Labute approximate surface area is 119 Å². The van der Waals surface area contributed by atoms with Crippen LogP contribution in [-0.2, 0) is 6.18 Å². The number of hydrogen-bond acceptors (Lipinski definition) is 4. The van der Waals surface area contributed by atoms with Gasteiger partial charge >= 0.3 is 6.18 Å². The molecule has 1 aliphatic rings. The lowest BCUT2D eigenvalue weighted by Gasteiger charge is -2.13. The van der Waals surface area contributed by atoms with Gasteiger partial charge in [0.15, 0.2) is 11.5 Å². The van der Waals surface area contributed by atoms with Crippen molar-refractivity contribution in [2.24, 2.45) is 0 Å². The van der Waals surface area contributed by atoms with E-state index in [1.54, 1.807) is 4.57 Å². The fourth-order valence-corrected chi connectivity index (χ4v) is 2.08. The molecule has 0 bridgehead atoms. The number of fused-ring (bicyclic) bond motifs is 1. The lowest BCUT2D eigenvalue weighted by molar-refractivity contribution is -0.144. The van der Waals surface area contributed by atoms with E-state index in [0.717, 1.165) is 19.3 Å². The Kier molecular flexibility index (Phi) is 3.26. The number of nitrogens with one attached hydrogen (secondary N) is 1. The molecule has 1 fully saturated rings. The Morgan fingerprint density at radius 1 is 1.38 bits per heavy atom. The number of aromatic nitrogens is 4. The minimum absolute atomic E-state index is 0.0276. The lowest BCUT2D eigenvalue weighted by atomic mass is 10.2. The van der Waals surface area contributed by atoms with Gasteiger partial charge in [0.2, 0.25) is 5.82 Å². The molecule has 8 heteroatoms. The molecular formula is C13H16F3N5. The molecule has 1 aliphatic carbocycles. The van der Waals surface area contributed by atoms with Gasteiger partial charge in [-0.15, -0.1) is 0 Å². The molecule has 1 unspecified atom stereocenters. The smallest absolute Gasteiger partial charge is 0.365 e. The molecule has 0 aromatic carbocycles. The maximum Gasteiger partial charge on any atom is 0.451 e. The van der Waals surface area contributed by atoms with Crippen LogP contribution in [0.5, 0.6) is 0 Å². The second-order valence-electron chi connectivity index (χ2n) is 5.39. The predicted molar refractivity (Wildman–Crippen MR) is 72.0 cm³/mol. The van der Waals surface area contributed by atoms with Crippen molar-refractivity contribution >= 4 is 17.0 Å². The zero-order valence-electron chi connectivity index (χ0n) is 11.8. The van der Waals surface area contributed by atoms with Gasteiger partial charge in [0.25, 0.3) is 0 Å². The van der Waals surface area contributed by atoms with Crippen molar-refractivity contribution in [2.75, 3.05) is 5.32 Å². The zero-order valence-corrected chi connectivity index (χ0v) is 11.8. The highest BCUT2D eigenvalue weighted by Crippen LogP contribution is 2.33. The summed E-state index contributed by atoms with van der Waals surface area (Å²) < 4.78 is 40.6. The lowest BCUT2D eigenvalue weighted by Crippen LogP contribution is -2.15. The Balaban J connectivity index is 2.16. The first-order valence-electron chi connectivity index (χ1n) is 6.98. The Morgan fingerprint density at radius 3 is 2.67 bits per heavy atom. The van der Waals surface area contributed by atoms with Gasteiger partial charge in [-0.25, -0.2) is 15.0 Å². The van der Waals surface area contributed by atoms with E-state index in [0.29, 0.717) is 5.52 Å². The summed E-state index contributed by atoms with van der Waals surface area (Å²) in [4.78, 5) is 11.5. The van der Waals surface area contributed by atoms with Crippen LogP contribution < -0.4 is 5.32 Å². The minimum atomic E-state index is -4.57. The Hall–Kier alpha value is -1.86. The first kappa shape index (κ1) is 14.1. The van der Waals surface area contributed by atoms with E-state index >= 15 is 0 Å². The topological polar surface area (TPSA) is 55.6 Å². The molecule has 1 saturated carbocycles. The van der Waals surface area contributed by atoms with Gasteiger partial charge in [-0.05, 0) is 26.2 Å². The number of alkyl halides is 3. The molecular weight excluding hydrogens is 283 g/mol. The normalized spacial score (nSPS) is 17.2. The third kappa shape index (κ3) is 2.66. The van der Waals surface area contributed by atoms with Gasteiger partial charge in [-0.2, -0.15) is 13.2 Å². The number of nitrogens with zero attached hydrogens (tertiary/aromatic N) is 4. The van der Waals surface area contributed by atoms with E-state index in [1.807, 2.05) is 13.8 Å². The summed E-state index contributed by atoms with van der Waals surface area (Å²) in [5.41, 5.74) is 0.630. The standard InChI is InChI=1S/C13H16F3N5/c1-3-7(2)21-6-17-9-10(18-8-4-5-8)19-12(13(14,15)16)20-11(9)21/h6-8H,3-5H2,1-2H3,(H,18,19,20). The molecule has 0 radical (unpaired) electrons. The van der Waals surface area contributed by atoms with Crippen molar-refractivity contribution in [2.45, 2.75) is 51.4 Å².